The largest absolute Gasteiger partial charge is 0.242 e. The fraction of sp³-hybridized carbons (Fsp3) is 0.0909. The summed E-state index contributed by atoms with van der Waals surface area (Å²) in [5.41, 5.74) is 0.982. The highest BCUT2D eigenvalue weighted by Crippen LogP contribution is 1.95. The molecule has 0 saturated carbocycles. The van der Waals surface area contributed by atoms with E-state index >= 15 is 0 Å². The second kappa shape index (κ2) is 3.75. The van der Waals surface area contributed by atoms with Gasteiger partial charge in [0.1, 0.15) is 6.33 Å². The summed E-state index contributed by atoms with van der Waals surface area (Å²) >= 11 is 0. The van der Waals surface area contributed by atoms with E-state index in [1.54, 1.807) is 4.68 Å². The first-order valence-electron chi connectivity index (χ1n) is 4.27. The molecule has 0 fully saturated rings. The Kier molecular flexibility index (Phi) is 2.28. The Hall–Kier alpha value is -2.08. The molecule has 1 heterocycles. The molecule has 14 heavy (non-hydrogen) atoms. The normalized spacial score (nSPS) is 9.21. The van der Waals surface area contributed by atoms with Crippen LogP contribution in [0.2, 0.25) is 0 Å². The number of rotatable bonds is 0. The Morgan fingerprint density at radius 1 is 1.14 bits per heavy atom. The van der Waals surface area contributed by atoms with Crippen molar-refractivity contribution in [3.8, 4) is 11.8 Å². The molecular formula is C11H9N3. The van der Waals surface area contributed by atoms with Gasteiger partial charge in [0.15, 0.2) is 0 Å². The Bertz CT molecular complexity index is 474. The number of aromatic nitrogens is 3. The van der Waals surface area contributed by atoms with Gasteiger partial charge in [-0.2, -0.15) is 5.10 Å². The highest BCUT2D eigenvalue weighted by Gasteiger charge is 1.92. The third-order valence-corrected chi connectivity index (χ3v) is 1.80. The number of hydrogen-bond donors (Lipinski definition) is 0. The number of nitrogens with zero attached hydrogens (tertiary/aromatic N) is 3. The average molecular weight is 183 g/mol. The molecule has 2 rings (SSSR count). The topological polar surface area (TPSA) is 30.7 Å². The first kappa shape index (κ1) is 8.52. The minimum Gasteiger partial charge on any atom is -0.242 e. The smallest absolute Gasteiger partial charge is 0.203 e. The maximum atomic E-state index is 4.01. The molecule has 1 aromatic carbocycles. The van der Waals surface area contributed by atoms with Gasteiger partial charge < -0.3 is 0 Å². The van der Waals surface area contributed by atoms with Crippen LogP contribution in [0.4, 0.5) is 0 Å². The summed E-state index contributed by atoms with van der Waals surface area (Å²) in [4.78, 5) is 4.01. The van der Waals surface area contributed by atoms with Gasteiger partial charge in [-0.25, -0.2) is 9.67 Å². The van der Waals surface area contributed by atoms with Gasteiger partial charge in [-0.3, -0.25) is 0 Å². The molecule has 0 aliphatic carbocycles. The molecule has 0 amide bonds. The molecule has 0 aliphatic heterocycles. The third-order valence-electron chi connectivity index (χ3n) is 1.80. The van der Waals surface area contributed by atoms with E-state index in [-0.39, 0.29) is 0 Å². The van der Waals surface area contributed by atoms with Crippen LogP contribution < -0.4 is 0 Å². The van der Waals surface area contributed by atoms with E-state index in [2.05, 4.69) is 21.9 Å². The molecule has 0 aliphatic rings. The highest BCUT2D eigenvalue weighted by atomic mass is 15.3. The van der Waals surface area contributed by atoms with Crippen LogP contribution in [-0.2, 0) is 7.05 Å². The van der Waals surface area contributed by atoms with Crippen LogP contribution in [0.1, 0.15) is 11.4 Å². The standard InChI is InChI=1S/C11H9N3/c1-14-11(12-9-13-14)8-7-10-5-3-2-4-6-10/h2-6,9H,1H3. The highest BCUT2D eigenvalue weighted by molar-refractivity contribution is 5.37. The third kappa shape index (κ3) is 1.80. The lowest BCUT2D eigenvalue weighted by molar-refractivity contribution is 0.754. The van der Waals surface area contributed by atoms with E-state index < -0.39 is 0 Å². The van der Waals surface area contributed by atoms with Crippen molar-refractivity contribution in [2.75, 3.05) is 0 Å². The van der Waals surface area contributed by atoms with Gasteiger partial charge in [0.2, 0.25) is 5.82 Å². The second-order valence-electron chi connectivity index (χ2n) is 2.82. The van der Waals surface area contributed by atoms with Crippen LogP contribution in [0.3, 0.4) is 0 Å². The quantitative estimate of drug-likeness (QED) is 0.575. The fourth-order valence-corrected chi connectivity index (χ4v) is 1.06. The molecule has 3 heteroatoms. The van der Waals surface area contributed by atoms with Crippen LogP contribution in [-0.4, -0.2) is 14.8 Å². The van der Waals surface area contributed by atoms with Crippen molar-refractivity contribution in [1.29, 1.82) is 0 Å². The lowest BCUT2D eigenvalue weighted by Crippen LogP contribution is -1.94. The van der Waals surface area contributed by atoms with Crippen molar-refractivity contribution in [3.63, 3.8) is 0 Å². The van der Waals surface area contributed by atoms with E-state index in [0.29, 0.717) is 5.82 Å². The van der Waals surface area contributed by atoms with Gasteiger partial charge in [0, 0.05) is 12.6 Å². The lowest BCUT2D eigenvalue weighted by Gasteiger charge is -1.88. The number of aryl methyl sites for hydroxylation is 1. The molecule has 3 nitrogen and oxygen atoms in total. The van der Waals surface area contributed by atoms with Crippen LogP contribution in [0.15, 0.2) is 36.7 Å². The van der Waals surface area contributed by atoms with Crippen molar-refractivity contribution >= 4 is 0 Å². The molecule has 0 spiro atoms. The minimum absolute atomic E-state index is 0.675. The summed E-state index contributed by atoms with van der Waals surface area (Å²) in [6.07, 6.45) is 1.50. The van der Waals surface area contributed by atoms with Gasteiger partial charge in [0.25, 0.3) is 0 Å². The van der Waals surface area contributed by atoms with Crippen molar-refractivity contribution in [2.24, 2.45) is 7.05 Å². The monoisotopic (exact) mass is 183 g/mol. The molecule has 1 aromatic heterocycles. The molecule has 0 radical (unpaired) electrons. The summed E-state index contributed by atoms with van der Waals surface area (Å²) < 4.78 is 1.65. The Morgan fingerprint density at radius 3 is 2.57 bits per heavy atom. The maximum absolute atomic E-state index is 4.01. The first-order valence-corrected chi connectivity index (χ1v) is 4.27. The van der Waals surface area contributed by atoms with E-state index in [9.17, 15) is 0 Å². The van der Waals surface area contributed by atoms with Crippen molar-refractivity contribution in [2.45, 2.75) is 0 Å². The molecule has 0 bridgehead atoms. The zero-order valence-electron chi connectivity index (χ0n) is 7.81. The number of hydrogen-bond acceptors (Lipinski definition) is 2. The maximum Gasteiger partial charge on any atom is 0.203 e. The summed E-state index contributed by atoms with van der Waals surface area (Å²) in [7, 11) is 1.82. The Labute approximate surface area is 82.4 Å². The van der Waals surface area contributed by atoms with Gasteiger partial charge in [0.05, 0.1) is 0 Å². The zero-order valence-corrected chi connectivity index (χ0v) is 7.81. The van der Waals surface area contributed by atoms with E-state index in [1.165, 1.54) is 6.33 Å². The summed E-state index contributed by atoms with van der Waals surface area (Å²) in [5, 5.41) is 3.93. The fourth-order valence-electron chi connectivity index (χ4n) is 1.06. The molecule has 0 atom stereocenters. The minimum atomic E-state index is 0.675. The molecule has 0 saturated heterocycles. The number of benzene rings is 1. The van der Waals surface area contributed by atoms with Gasteiger partial charge >= 0.3 is 0 Å². The van der Waals surface area contributed by atoms with Crippen LogP contribution >= 0.6 is 0 Å². The predicted octanol–water partition coefficient (Wildman–Crippen LogP) is 1.21. The van der Waals surface area contributed by atoms with E-state index in [4.69, 9.17) is 0 Å². The SMILES string of the molecule is Cn1ncnc1C#Cc1ccccc1. The first-order chi connectivity index (χ1) is 6.86. The molecule has 68 valence electrons. The average Bonchev–Trinajstić information content (AvgIpc) is 2.63. The van der Waals surface area contributed by atoms with Crippen molar-refractivity contribution < 1.29 is 0 Å². The summed E-state index contributed by atoms with van der Waals surface area (Å²) in [6.45, 7) is 0. The van der Waals surface area contributed by atoms with Crippen molar-refractivity contribution in [3.05, 3.63) is 48.0 Å². The molecular weight excluding hydrogens is 174 g/mol. The van der Waals surface area contributed by atoms with Crippen LogP contribution in [0, 0.1) is 11.8 Å². The Balaban J connectivity index is 2.28. The predicted molar refractivity (Wildman–Crippen MR) is 53.4 cm³/mol. The van der Waals surface area contributed by atoms with E-state index in [0.717, 1.165) is 5.56 Å². The van der Waals surface area contributed by atoms with Gasteiger partial charge in [-0.05, 0) is 18.1 Å². The zero-order chi connectivity index (χ0) is 9.80. The van der Waals surface area contributed by atoms with Gasteiger partial charge in [-0.1, -0.05) is 24.1 Å². The van der Waals surface area contributed by atoms with Gasteiger partial charge in [-0.15, -0.1) is 0 Å². The van der Waals surface area contributed by atoms with Crippen LogP contribution in [0.5, 0.6) is 0 Å². The Morgan fingerprint density at radius 2 is 1.93 bits per heavy atom. The summed E-state index contributed by atoms with van der Waals surface area (Å²) in [6, 6.07) is 9.81. The van der Waals surface area contributed by atoms with E-state index in [1.807, 2.05) is 37.4 Å². The summed E-state index contributed by atoms with van der Waals surface area (Å²) in [5.74, 6) is 6.64. The molecule has 0 N–H and O–H groups in total. The van der Waals surface area contributed by atoms with Crippen LogP contribution in [0.25, 0.3) is 0 Å². The lowest BCUT2D eigenvalue weighted by atomic mass is 10.2. The molecule has 0 unspecified atom stereocenters. The molecule has 2 aromatic rings. The van der Waals surface area contributed by atoms with Crippen molar-refractivity contribution in [1.82, 2.24) is 14.8 Å². The second-order valence-corrected chi connectivity index (χ2v) is 2.82.